The molecule has 1 fully saturated rings. The number of aryl methyl sites for hydroxylation is 1. The first-order chi connectivity index (χ1) is 8.60. The summed E-state index contributed by atoms with van der Waals surface area (Å²) < 4.78 is 5.43. The number of ether oxygens (including phenoxy) is 1. The summed E-state index contributed by atoms with van der Waals surface area (Å²) >= 11 is 0. The van der Waals surface area contributed by atoms with Crippen LogP contribution in [0.15, 0.2) is 18.2 Å². The third-order valence-corrected chi connectivity index (χ3v) is 3.91. The van der Waals surface area contributed by atoms with Crippen molar-refractivity contribution in [2.24, 2.45) is 0 Å². The molecular formula is C15H23NO2. The maximum atomic E-state index is 9.90. The molecule has 18 heavy (non-hydrogen) atoms. The van der Waals surface area contributed by atoms with Crippen molar-refractivity contribution in [1.29, 1.82) is 0 Å². The molecule has 1 saturated heterocycles. The molecule has 100 valence electrons. The molecule has 1 aliphatic rings. The summed E-state index contributed by atoms with van der Waals surface area (Å²) in [7, 11) is 1.79. The maximum absolute atomic E-state index is 9.90. The fraction of sp³-hybridized carbons (Fsp3) is 0.600. The van der Waals surface area contributed by atoms with Crippen molar-refractivity contribution in [2.45, 2.75) is 45.4 Å². The molecule has 3 nitrogen and oxygen atoms in total. The van der Waals surface area contributed by atoms with Crippen molar-refractivity contribution >= 4 is 0 Å². The zero-order valence-electron chi connectivity index (χ0n) is 11.5. The third-order valence-electron chi connectivity index (χ3n) is 3.91. The lowest BCUT2D eigenvalue weighted by atomic mass is 9.99. The molecule has 2 unspecified atom stereocenters. The Morgan fingerprint density at radius 1 is 1.44 bits per heavy atom. The molecular weight excluding hydrogens is 226 g/mol. The predicted octanol–water partition coefficient (Wildman–Crippen LogP) is 2.70. The van der Waals surface area contributed by atoms with Crippen LogP contribution >= 0.6 is 0 Å². The van der Waals surface area contributed by atoms with E-state index in [4.69, 9.17) is 4.74 Å². The minimum atomic E-state index is 0.391. The average molecular weight is 249 g/mol. The SMILES string of the molecule is COC1CCN(Cc2cc(C)ccc2O)C(C)C1. The van der Waals surface area contributed by atoms with Crippen LogP contribution in [0.25, 0.3) is 0 Å². The minimum Gasteiger partial charge on any atom is -0.508 e. The van der Waals surface area contributed by atoms with Gasteiger partial charge in [-0.2, -0.15) is 0 Å². The van der Waals surface area contributed by atoms with Crippen molar-refractivity contribution in [3.05, 3.63) is 29.3 Å². The highest BCUT2D eigenvalue weighted by Gasteiger charge is 2.25. The molecule has 0 bridgehead atoms. The molecule has 0 radical (unpaired) electrons. The number of hydrogen-bond donors (Lipinski definition) is 1. The van der Waals surface area contributed by atoms with E-state index in [0.29, 0.717) is 17.9 Å². The third kappa shape index (κ3) is 3.03. The number of benzene rings is 1. The molecule has 1 aromatic carbocycles. The van der Waals surface area contributed by atoms with Gasteiger partial charge in [0.05, 0.1) is 6.10 Å². The van der Waals surface area contributed by atoms with Gasteiger partial charge in [-0.1, -0.05) is 17.7 Å². The number of piperidine rings is 1. The van der Waals surface area contributed by atoms with E-state index < -0.39 is 0 Å². The van der Waals surface area contributed by atoms with E-state index in [2.05, 4.69) is 24.8 Å². The van der Waals surface area contributed by atoms with Crippen LogP contribution in [0.4, 0.5) is 0 Å². The number of likely N-dealkylation sites (tertiary alicyclic amines) is 1. The van der Waals surface area contributed by atoms with Gasteiger partial charge in [0, 0.05) is 31.8 Å². The Morgan fingerprint density at radius 3 is 2.89 bits per heavy atom. The Labute approximate surface area is 109 Å². The largest absolute Gasteiger partial charge is 0.508 e. The minimum absolute atomic E-state index is 0.391. The van der Waals surface area contributed by atoms with Crippen LogP contribution in [0.3, 0.4) is 0 Å². The molecule has 0 aliphatic carbocycles. The van der Waals surface area contributed by atoms with Gasteiger partial charge in [0.2, 0.25) is 0 Å². The number of hydrogen-bond acceptors (Lipinski definition) is 3. The maximum Gasteiger partial charge on any atom is 0.120 e. The molecule has 0 saturated carbocycles. The Kier molecular flexibility index (Phi) is 4.25. The summed E-state index contributed by atoms with van der Waals surface area (Å²) in [6.45, 7) is 6.15. The Hall–Kier alpha value is -1.06. The smallest absolute Gasteiger partial charge is 0.120 e. The van der Waals surface area contributed by atoms with E-state index in [1.807, 2.05) is 6.07 Å². The first kappa shape index (κ1) is 13.4. The summed E-state index contributed by atoms with van der Waals surface area (Å²) in [5, 5.41) is 9.90. The van der Waals surface area contributed by atoms with Gasteiger partial charge in [-0.05, 0) is 32.8 Å². The standard InChI is InChI=1S/C15H23NO2/c1-11-4-5-15(17)13(8-11)10-16-7-6-14(18-3)9-12(16)2/h4-5,8,12,14,17H,6-7,9-10H2,1-3H3. The van der Waals surface area contributed by atoms with Crippen molar-refractivity contribution in [3.8, 4) is 5.75 Å². The van der Waals surface area contributed by atoms with Gasteiger partial charge in [0.15, 0.2) is 0 Å². The highest BCUT2D eigenvalue weighted by molar-refractivity contribution is 5.35. The quantitative estimate of drug-likeness (QED) is 0.894. The van der Waals surface area contributed by atoms with Crippen LogP contribution in [0, 0.1) is 6.92 Å². The highest BCUT2D eigenvalue weighted by atomic mass is 16.5. The van der Waals surface area contributed by atoms with Crippen LogP contribution in [-0.2, 0) is 11.3 Å². The van der Waals surface area contributed by atoms with Crippen LogP contribution < -0.4 is 0 Å². The van der Waals surface area contributed by atoms with Gasteiger partial charge in [-0.15, -0.1) is 0 Å². The lowest BCUT2D eigenvalue weighted by Gasteiger charge is -2.37. The van der Waals surface area contributed by atoms with E-state index in [0.717, 1.165) is 31.5 Å². The van der Waals surface area contributed by atoms with E-state index in [1.165, 1.54) is 5.56 Å². The zero-order chi connectivity index (χ0) is 13.1. The molecule has 0 amide bonds. The van der Waals surface area contributed by atoms with Crippen molar-refractivity contribution < 1.29 is 9.84 Å². The molecule has 2 atom stereocenters. The first-order valence-corrected chi connectivity index (χ1v) is 6.65. The predicted molar refractivity (Wildman–Crippen MR) is 72.7 cm³/mol. The van der Waals surface area contributed by atoms with Crippen molar-refractivity contribution in [3.63, 3.8) is 0 Å². The summed E-state index contributed by atoms with van der Waals surface area (Å²) in [6, 6.07) is 6.31. The molecule has 1 heterocycles. The second-order valence-corrected chi connectivity index (χ2v) is 5.33. The second-order valence-electron chi connectivity index (χ2n) is 5.33. The van der Waals surface area contributed by atoms with E-state index >= 15 is 0 Å². The molecule has 1 N–H and O–H groups in total. The molecule has 1 aromatic rings. The number of phenols is 1. The van der Waals surface area contributed by atoms with Gasteiger partial charge in [-0.25, -0.2) is 0 Å². The van der Waals surface area contributed by atoms with Crippen LogP contribution in [0.1, 0.15) is 30.9 Å². The van der Waals surface area contributed by atoms with E-state index in [-0.39, 0.29) is 0 Å². The van der Waals surface area contributed by atoms with Gasteiger partial charge in [0.1, 0.15) is 5.75 Å². The number of nitrogens with zero attached hydrogens (tertiary/aromatic N) is 1. The van der Waals surface area contributed by atoms with E-state index in [1.54, 1.807) is 13.2 Å². The van der Waals surface area contributed by atoms with Gasteiger partial charge in [-0.3, -0.25) is 4.90 Å². The van der Waals surface area contributed by atoms with Gasteiger partial charge >= 0.3 is 0 Å². The monoisotopic (exact) mass is 249 g/mol. The van der Waals surface area contributed by atoms with Crippen molar-refractivity contribution in [1.82, 2.24) is 4.90 Å². The normalized spacial score (nSPS) is 25.3. The lowest BCUT2D eigenvalue weighted by molar-refractivity contribution is 0.0127. The summed E-state index contributed by atoms with van der Waals surface area (Å²) in [6.07, 6.45) is 2.54. The Bertz CT molecular complexity index is 405. The lowest BCUT2D eigenvalue weighted by Crippen LogP contribution is -2.42. The number of methoxy groups -OCH3 is 1. The zero-order valence-corrected chi connectivity index (χ0v) is 11.5. The number of aromatic hydroxyl groups is 1. The van der Waals surface area contributed by atoms with Crippen LogP contribution in [0.5, 0.6) is 5.75 Å². The van der Waals surface area contributed by atoms with Gasteiger partial charge in [0.25, 0.3) is 0 Å². The topological polar surface area (TPSA) is 32.7 Å². The molecule has 0 aromatic heterocycles. The molecule has 1 aliphatic heterocycles. The highest BCUT2D eigenvalue weighted by Crippen LogP contribution is 2.25. The van der Waals surface area contributed by atoms with E-state index in [9.17, 15) is 5.11 Å². The number of phenolic OH excluding ortho intramolecular Hbond substituents is 1. The molecule has 2 rings (SSSR count). The van der Waals surface area contributed by atoms with Crippen molar-refractivity contribution in [2.75, 3.05) is 13.7 Å². The fourth-order valence-electron chi connectivity index (χ4n) is 2.69. The van der Waals surface area contributed by atoms with Crippen LogP contribution in [-0.4, -0.2) is 35.8 Å². The summed E-state index contributed by atoms with van der Waals surface area (Å²) in [4.78, 5) is 2.42. The summed E-state index contributed by atoms with van der Waals surface area (Å²) in [5.74, 6) is 0.404. The van der Waals surface area contributed by atoms with Gasteiger partial charge < -0.3 is 9.84 Å². The second kappa shape index (κ2) is 5.72. The first-order valence-electron chi connectivity index (χ1n) is 6.65. The Morgan fingerprint density at radius 2 is 2.22 bits per heavy atom. The van der Waals surface area contributed by atoms with Crippen LogP contribution in [0.2, 0.25) is 0 Å². The fourth-order valence-corrected chi connectivity index (χ4v) is 2.69. The Balaban J connectivity index is 2.03. The summed E-state index contributed by atoms with van der Waals surface area (Å²) in [5.41, 5.74) is 2.22. The average Bonchev–Trinajstić information content (AvgIpc) is 2.36. The molecule has 3 heteroatoms. The molecule has 0 spiro atoms. The number of rotatable bonds is 3.